The summed E-state index contributed by atoms with van der Waals surface area (Å²) in [4.78, 5) is 0. The van der Waals surface area contributed by atoms with E-state index >= 15 is 0 Å². The van der Waals surface area contributed by atoms with Crippen molar-refractivity contribution in [3.63, 3.8) is 0 Å². The van der Waals surface area contributed by atoms with Crippen LogP contribution in [0.15, 0.2) is 24.3 Å². The Morgan fingerprint density at radius 3 is 2.76 bits per heavy atom. The Kier molecular flexibility index (Phi) is 2.48. The third kappa shape index (κ3) is 1.87. The van der Waals surface area contributed by atoms with E-state index in [1.54, 1.807) is 0 Å². The highest BCUT2D eigenvalue weighted by molar-refractivity contribution is 6.29. The van der Waals surface area contributed by atoms with Crippen LogP contribution < -0.4 is 5.73 Å². The number of benzene rings is 1. The molecule has 1 aromatic heterocycles. The average Bonchev–Trinajstić information content (AvgIpc) is 2.47. The lowest BCUT2D eigenvalue weighted by atomic mass is 10.0. The molecule has 0 saturated heterocycles. The van der Waals surface area contributed by atoms with E-state index in [-0.39, 0.29) is 0 Å². The first kappa shape index (κ1) is 10.5. The first-order chi connectivity index (χ1) is 8.24. The lowest BCUT2D eigenvalue weighted by molar-refractivity contribution is 0.829. The first-order valence-corrected chi connectivity index (χ1v) is 6.03. The molecule has 2 N–H and O–H groups in total. The number of fused-ring (bicyclic) bond motifs is 3. The lowest BCUT2D eigenvalue weighted by Crippen LogP contribution is -1.96. The second kappa shape index (κ2) is 4.00. The number of halogens is 1. The summed E-state index contributed by atoms with van der Waals surface area (Å²) in [7, 11) is 0. The third-order valence-corrected chi connectivity index (χ3v) is 3.31. The molecule has 2 aromatic rings. The minimum Gasteiger partial charge on any atom is -0.399 e. The molecule has 3 nitrogen and oxygen atoms in total. The van der Waals surface area contributed by atoms with E-state index in [2.05, 4.69) is 16.3 Å². The Bertz CT molecular complexity index is 581. The van der Waals surface area contributed by atoms with Crippen molar-refractivity contribution in [2.45, 2.75) is 19.3 Å². The number of anilines is 1. The van der Waals surface area contributed by atoms with E-state index in [1.165, 1.54) is 5.56 Å². The van der Waals surface area contributed by atoms with Crippen LogP contribution in [0, 0.1) is 0 Å². The minimum absolute atomic E-state index is 0.455. The molecule has 0 spiro atoms. The maximum absolute atomic E-state index is 5.89. The van der Waals surface area contributed by atoms with Gasteiger partial charge in [0.1, 0.15) is 0 Å². The minimum atomic E-state index is 0.455. The van der Waals surface area contributed by atoms with Crippen LogP contribution in [0.5, 0.6) is 0 Å². The molecule has 0 radical (unpaired) electrons. The SMILES string of the molecule is Nc1ccc2c(c1)-c1nnc(Cl)cc1CCC2. The molecule has 0 amide bonds. The van der Waals surface area contributed by atoms with Crippen molar-refractivity contribution in [2.75, 3.05) is 5.73 Å². The van der Waals surface area contributed by atoms with Crippen LogP contribution in [0.2, 0.25) is 5.15 Å². The van der Waals surface area contributed by atoms with Crippen LogP contribution in [-0.2, 0) is 12.8 Å². The van der Waals surface area contributed by atoms with Gasteiger partial charge in [-0.2, -0.15) is 0 Å². The first-order valence-electron chi connectivity index (χ1n) is 5.65. The Balaban J connectivity index is 2.26. The zero-order chi connectivity index (χ0) is 11.8. The molecule has 3 rings (SSSR count). The molecule has 0 saturated carbocycles. The fraction of sp³-hybridized carbons (Fsp3) is 0.231. The fourth-order valence-electron chi connectivity index (χ4n) is 2.32. The lowest BCUT2D eigenvalue weighted by Gasteiger charge is -2.08. The van der Waals surface area contributed by atoms with Gasteiger partial charge in [0, 0.05) is 11.3 Å². The van der Waals surface area contributed by atoms with Crippen molar-refractivity contribution in [3.05, 3.63) is 40.5 Å². The van der Waals surface area contributed by atoms with Gasteiger partial charge < -0.3 is 5.73 Å². The topological polar surface area (TPSA) is 51.8 Å². The van der Waals surface area contributed by atoms with E-state index in [4.69, 9.17) is 17.3 Å². The largest absolute Gasteiger partial charge is 0.399 e. The summed E-state index contributed by atoms with van der Waals surface area (Å²) in [6.07, 6.45) is 3.13. The summed E-state index contributed by atoms with van der Waals surface area (Å²) in [5.74, 6) is 0. The number of nitrogens with two attached hydrogens (primary N) is 1. The zero-order valence-electron chi connectivity index (χ0n) is 9.28. The van der Waals surface area contributed by atoms with Gasteiger partial charge in [-0.25, -0.2) is 0 Å². The zero-order valence-corrected chi connectivity index (χ0v) is 10.0. The van der Waals surface area contributed by atoms with Gasteiger partial charge in [0.15, 0.2) is 5.15 Å². The van der Waals surface area contributed by atoms with Crippen LogP contribution >= 0.6 is 11.6 Å². The van der Waals surface area contributed by atoms with Crippen molar-refractivity contribution in [2.24, 2.45) is 0 Å². The standard InChI is InChI=1S/C13H12ClN3/c14-12-6-9-3-1-2-8-4-5-10(15)7-11(8)13(9)17-16-12/h4-7H,1-3,15H2. The van der Waals surface area contributed by atoms with Crippen LogP contribution in [0.4, 0.5) is 5.69 Å². The maximum Gasteiger partial charge on any atom is 0.152 e. The summed E-state index contributed by atoms with van der Waals surface area (Å²) >= 11 is 5.89. The van der Waals surface area contributed by atoms with Crippen molar-refractivity contribution in [1.29, 1.82) is 0 Å². The predicted octanol–water partition coefficient (Wildman–Crippen LogP) is 2.87. The number of hydrogen-bond acceptors (Lipinski definition) is 3. The Morgan fingerprint density at radius 1 is 1.06 bits per heavy atom. The van der Waals surface area contributed by atoms with Crippen LogP contribution in [0.3, 0.4) is 0 Å². The summed E-state index contributed by atoms with van der Waals surface area (Å²) in [6, 6.07) is 7.90. The van der Waals surface area contributed by atoms with E-state index in [9.17, 15) is 0 Å². The molecule has 17 heavy (non-hydrogen) atoms. The molecule has 0 fully saturated rings. The van der Waals surface area contributed by atoms with Gasteiger partial charge >= 0.3 is 0 Å². The van der Waals surface area contributed by atoms with E-state index < -0.39 is 0 Å². The third-order valence-electron chi connectivity index (χ3n) is 3.12. The maximum atomic E-state index is 5.89. The van der Waals surface area contributed by atoms with Gasteiger partial charge in [-0.15, -0.1) is 10.2 Å². The van der Waals surface area contributed by atoms with Crippen molar-refractivity contribution < 1.29 is 0 Å². The second-order valence-electron chi connectivity index (χ2n) is 4.31. The van der Waals surface area contributed by atoms with Gasteiger partial charge in [-0.05, 0) is 48.6 Å². The van der Waals surface area contributed by atoms with Gasteiger partial charge in [0.05, 0.1) is 5.69 Å². The molecule has 0 bridgehead atoms. The molecule has 4 heteroatoms. The summed E-state index contributed by atoms with van der Waals surface area (Å²) in [6.45, 7) is 0. The Labute approximate surface area is 105 Å². The van der Waals surface area contributed by atoms with Crippen molar-refractivity contribution in [1.82, 2.24) is 10.2 Å². The van der Waals surface area contributed by atoms with Crippen LogP contribution in [0.1, 0.15) is 17.5 Å². The van der Waals surface area contributed by atoms with Gasteiger partial charge in [-0.1, -0.05) is 17.7 Å². The monoisotopic (exact) mass is 245 g/mol. The Morgan fingerprint density at radius 2 is 1.88 bits per heavy atom. The highest BCUT2D eigenvalue weighted by atomic mass is 35.5. The van der Waals surface area contributed by atoms with Gasteiger partial charge in [-0.3, -0.25) is 0 Å². The number of rotatable bonds is 0. The van der Waals surface area contributed by atoms with E-state index in [0.29, 0.717) is 5.15 Å². The molecule has 0 aliphatic heterocycles. The van der Waals surface area contributed by atoms with Gasteiger partial charge in [0.25, 0.3) is 0 Å². The van der Waals surface area contributed by atoms with Crippen LogP contribution in [-0.4, -0.2) is 10.2 Å². The number of hydrogen-bond donors (Lipinski definition) is 1. The molecule has 1 heterocycles. The molecular weight excluding hydrogens is 234 g/mol. The summed E-state index contributed by atoms with van der Waals surface area (Å²) < 4.78 is 0. The normalized spacial score (nSPS) is 13.7. The molecular formula is C13H12ClN3. The van der Waals surface area contributed by atoms with E-state index in [0.717, 1.165) is 41.8 Å². The molecule has 1 aromatic carbocycles. The molecule has 1 aliphatic rings. The summed E-state index contributed by atoms with van der Waals surface area (Å²) in [5, 5.41) is 8.62. The highest BCUT2D eigenvalue weighted by Gasteiger charge is 2.16. The molecule has 0 atom stereocenters. The molecule has 0 unspecified atom stereocenters. The molecule has 1 aliphatic carbocycles. The quantitative estimate of drug-likeness (QED) is 0.726. The smallest absolute Gasteiger partial charge is 0.152 e. The van der Waals surface area contributed by atoms with Gasteiger partial charge in [0.2, 0.25) is 0 Å². The van der Waals surface area contributed by atoms with Crippen LogP contribution in [0.25, 0.3) is 11.3 Å². The second-order valence-corrected chi connectivity index (χ2v) is 4.70. The van der Waals surface area contributed by atoms with Crippen molar-refractivity contribution in [3.8, 4) is 11.3 Å². The number of nitrogens with zero attached hydrogens (tertiary/aromatic N) is 2. The predicted molar refractivity (Wildman–Crippen MR) is 68.9 cm³/mol. The Hall–Kier alpha value is -1.61. The number of aromatic nitrogens is 2. The summed E-state index contributed by atoms with van der Waals surface area (Å²) in [5.41, 5.74) is 11.1. The fourth-order valence-corrected chi connectivity index (χ4v) is 2.49. The highest BCUT2D eigenvalue weighted by Crippen LogP contribution is 2.32. The molecule has 86 valence electrons. The number of nitrogen functional groups attached to an aromatic ring is 1. The average molecular weight is 246 g/mol. The van der Waals surface area contributed by atoms with E-state index in [1.807, 2.05) is 18.2 Å². The van der Waals surface area contributed by atoms with Crippen molar-refractivity contribution >= 4 is 17.3 Å². The number of aryl methyl sites for hydroxylation is 2.